The van der Waals surface area contributed by atoms with Crippen LogP contribution in [0.1, 0.15) is 48.9 Å². The number of benzene rings is 4. The largest absolute Gasteiger partial charge is 0.494 e. The summed E-state index contributed by atoms with van der Waals surface area (Å²) in [6.45, 7) is 8.50. The average molecular weight is 646 g/mol. The predicted molar refractivity (Wildman–Crippen MR) is 178 cm³/mol. The van der Waals surface area contributed by atoms with Crippen LogP contribution in [0, 0.1) is 17.0 Å². The van der Waals surface area contributed by atoms with E-state index in [0.717, 1.165) is 22.4 Å². The number of rotatable bonds is 10. The van der Waals surface area contributed by atoms with Crippen LogP contribution in [0.15, 0.2) is 82.7 Å². The molecule has 0 unspecified atom stereocenters. The fourth-order valence-electron chi connectivity index (χ4n) is 4.92. The van der Waals surface area contributed by atoms with Crippen LogP contribution in [-0.2, 0) is 6.61 Å². The Balaban J connectivity index is 1.69. The Morgan fingerprint density at radius 3 is 2.44 bits per heavy atom. The van der Waals surface area contributed by atoms with Gasteiger partial charge < -0.3 is 9.47 Å². The third kappa shape index (κ3) is 6.84. The van der Waals surface area contributed by atoms with Gasteiger partial charge in [0.2, 0.25) is 5.75 Å². The predicted octanol–water partition coefficient (Wildman–Crippen LogP) is 8.57. The number of aromatic nitrogens is 2. The van der Waals surface area contributed by atoms with Crippen molar-refractivity contribution in [1.82, 2.24) is 9.66 Å². The summed E-state index contributed by atoms with van der Waals surface area (Å²) in [4.78, 5) is 30.2. The van der Waals surface area contributed by atoms with Gasteiger partial charge in [0.25, 0.3) is 5.56 Å². The van der Waals surface area contributed by atoms with Gasteiger partial charge in [0, 0.05) is 27.2 Å². The molecular weight excluding hydrogens is 615 g/mol. The first-order chi connectivity index (χ1) is 21.6. The van der Waals surface area contributed by atoms with Crippen molar-refractivity contribution >= 4 is 46.0 Å². The van der Waals surface area contributed by atoms with E-state index in [-0.39, 0.29) is 34.5 Å². The molecule has 11 heteroatoms. The minimum Gasteiger partial charge on any atom is -0.494 e. The monoisotopic (exact) mass is 644 g/mol. The van der Waals surface area contributed by atoms with E-state index in [4.69, 9.17) is 37.7 Å². The summed E-state index contributed by atoms with van der Waals surface area (Å²) < 4.78 is 13.1. The lowest BCUT2D eigenvalue weighted by molar-refractivity contribution is -0.385. The first-order valence-corrected chi connectivity index (χ1v) is 15.0. The molecule has 0 amide bonds. The van der Waals surface area contributed by atoms with Crippen molar-refractivity contribution in [2.24, 2.45) is 5.10 Å². The summed E-state index contributed by atoms with van der Waals surface area (Å²) in [5.74, 6) is 1.14. The number of hydrogen-bond acceptors (Lipinski definition) is 7. The van der Waals surface area contributed by atoms with Crippen LogP contribution in [0.3, 0.4) is 0 Å². The van der Waals surface area contributed by atoms with E-state index >= 15 is 0 Å². The first-order valence-electron chi connectivity index (χ1n) is 14.3. The van der Waals surface area contributed by atoms with Crippen LogP contribution in [0.2, 0.25) is 10.0 Å². The molecular formula is C34H30Cl2N4O5. The number of halogens is 2. The zero-order valence-electron chi connectivity index (χ0n) is 25.1. The summed E-state index contributed by atoms with van der Waals surface area (Å²) in [6, 6.07) is 20.5. The molecule has 1 heterocycles. The molecule has 0 fully saturated rings. The molecule has 1 aromatic heterocycles. The summed E-state index contributed by atoms with van der Waals surface area (Å²) in [7, 11) is 0. The number of nitrogens with zero attached hydrogens (tertiary/aromatic N) is 4. The van der Waals surface area contributed by atoms with Gasteiger partial charge in [-0.15, -0.1) is 0 Å². The summed E-state index contributed by atoms with van der Waals surface area (Å²) in [6.07, 6.45) is 1.32. The molecule has 0 aliphatic rings. The summed E-state index contributed by atoms with van der Waals surface area (Å²) >= 11 is 12.3. The van der Waals surface area contributed by atoms with E-state index < -0.39 is 10.5 Å². The number of hydrogen-bond donors (Lipinski definition) is 0. The topological polar surface area (TPSA) is 109 Å². The van der Waals surface area contributed by atoms with Crippen LogP contribution in [0.4, 0.5) is 5.69 Å². The van der Waals surface area contributed by atoms with Gasteiger partial charge in [-0.25, -0.2) is 4.98 Å². The van der Waals surface area contributed by atoms with Crippen molar-refractivity contribution in [3.05, 3.63) is 126 Å². The zero-order valence-corrected chi connectivity index (χ0v) is 26.6. The maximum atomic E-state index is 13.9. The highest BCUT2D eigenvalue weighted by molar-refractivity contribution is 6.31. The van der Waals surface area contributed by atoms with Crippen molar-refractivity contribution in [1.29, 1.82) is 0 Å². The van der Waals surface area contributed by atoms with Crippen LogP contribution < -0.4 is 15.0 Å². The molecule has 0 radical (unpaired) electrons. The molecule has 230 valence electrons. The van der Waals surface area contributed by atoms with Gasteiger partial charge in [0.05, 0.1) is 28.6 Å². The summed E-state index contributed by atoms with van der Waals surface area (Å²) in [5.41, 5.74) is 3.19. The average Bonchev–Trinajstić information content (AvgIpc) is 3.00. The van der Waals surface area contributed by atoms with E-state index in [1.807, 2.05) is 32.0 Å². The van der Waals surface area contributed by atoms with Gasteiger partial charge in [0.15, 0.2) is 5.82 Å². The molecule has 5 aromatic rings. The summed E-state index contributed by atoms with van der Waals surface area (Å²) in [5, 5.41) is 17.6. The zero-order chi connectivity index (χ0) is 32.2. The van der Waals surface area contributed by atoms with Gasteiger partial charge in [-0.3, -0.25) is 14.9 Å². The van der Waals surface area contributed by atoms with Crippen molar-refractivity contribution < 1.29 is 14.4 Å². The highest BCUT2D eigenvalue weighted by Crippen LogP contribution is 2.36. The standard InChI is InChI=1S/C34H30Cl2N4O5/c1-5-44-31-14-21(4)28(17-27(31)20(2)3)33-38-29-9-7-6-8-26(29)34(41)39(33)37-18-23-15-25(36)16-30(40(42)43)32(23)45-19-22-10-12-24(35)13-11-22/h6-18,20H,5,19H2,1-4H3. The number of fused-ring (bicyclic) bond motifs is 1. The number of para-hydroxylation sites is 1. The molecule has 4 aromatic carbocycles. The van der Waals surface area contributed by atoms with Gasteiger partial charge in [0.1, 0.15) is 12.4 Å². The van der Waals surface area contributed by atoms with Crippen LogP contribution >= 0.6 is 23.2 Å². The quantitative estimate of drug-likeness (QED) is 0.0855. The minimum absolute atomic E-state index is 0.0204. The Hall–Kier alpha value is -4.73. The van der Waals surface area contributed by atoms with Crippen LogP contribution in [0.25, 0.3) is 22.3 Å². The van der Waals surface area contributed by atoms with E-state index in [1.165, 1.54) is 23.0 Å². The Morgan fingerprint density at radius 1 is 1.02 bits per heavy atom. The van der Waals surface area contributed by atoms with Crippen molar-refractivity contribution in [2.75, 3.05) is 6.61 Å². The molecule has 5 rings (SSSR count). The Kier molecular flexibility index (Phi) is 9.51. The lowest BCUT2D eigenvalue weighted by Crippen LogP contribution is -2.21. The van der Waals surface area contributed by atoms with Gasteiger partial charge >= 0.3 is 5.69 Å². The van der Waals surface area contributed by atoms with Crippen molar-refractivity contribution in [3.63, 3.8) is 0 Å². The molecule has 0 spiro atoms. The fraction of sp³-hybridized carbons (Fsp3) is 0.206. The molecule has 0 saturated carbocycles. The minimum atomic E-state index is -0.577. The molecule has 0 aliphatic heterocycles. The van der Waals surface area contributed by atoms with E-state index in [9.17, 15) is 14.9 Å². The molecule has 9 nitrogen and oxygen atoms in total. The lowest BCUT2D eigenvalue weighted by atomic mass is 9.96. The van der Waals surface area contributed by atoms with E-state index in [0.29, 0.717) is 33.9 Å². The van der Waals surface area contributed by atoms with E-state index in [1.54, 1.807) is 42.5 Å². The second-order valence-corrected chi connectivity index (χ2v) is 11.5. The molecule has 0 bridgehead atoms. The molecule has 0 atom stereocenters. The molecule has 0 N–H and O–H groups in total. The highest BCUT2D eigenvalue weighted by Gasteiger charge is 2.22. The third-order valence-corrected chi connectivity index (χ3v) is 7.61. The van der Waals surface area contributed by atoms with E-state index in [2.05, 4.69) is 18.9 Å². The Bertz CT molecular complexity index is 1990. The van der Waals surface area contributed by atoms with Crippen LogP contribution in [0.5, 0.6) is 11.5 Å². The molecule has 45 heavy (non-hydrogen) atoms. The molecule has 0 saturated heterocycles. The second-order valence-electron chi connectivity index (χ2n) is 10.6. The number of nitro groups is 1. The van der Waals surface area contributed by atoms with Gasteiger partial charge in [-0.05, 0) is 78.9 Å². The third-order valence-electron chi connectivity index (χ3n) is 7.14. The lowest BCUT2D eigenvalue weighted by Gasteiger charge is -2.18. The highest BCUT2D eigenvalue weighted by atomic mass is 35.5. The second kappa shape index (κ2) is 13.5. The number of aryl methyl sites for hydroxylation is 1. The number of ether oxygens (including phenoxy) is 2. The smallest absolute Gasteiger partial charge is 0.313 e. The molecule has 0 aliphatic carbocycles. The maximum Gasteiger partial charge on any atom is 0.313 e. The first kappa shape index (κ1) is 31.7. The SMILES string of the molecule is CCOc1cc(C)c(-c2nc3ccccc3c(=O)n2N=Cc2cc(Cl)cc([N+](=O)[O-])c2OCc2ccc(Cl)cc2)cc1C(C)C. The van der Waals surface area contributed by atoms with Crippen molar-refractivity contribution in [2.45, 2.75) is 40.2 Å². The Labute approximate surface area is 269 Å². The van der Waals surface area contributed by atoms with Crippen LogP contribution in [-0.4, -0.2) is 27.4 Å². The Morgan fingerprint density at radius 2 is 1.76 bits per heavy atom. The normalized spacial score (nSPS) is 11.4. The number of nitro benzene ring substituents is 1. The van der Waals surface area contributed by atoms with Crippen molar-refractivity contribution in [3.8, 4) is 22.9 Å². The fourth-order valence-corrected chi connectivity index (χ4v) is 5.27. The maximum absolute atomic E-state index is 13.9. The van der Waals surface area contributed by atoms with Gasteiger partial charge in [-0.2, -0.15) is 9.78 Å². The van der Waals surface area contributed by atoms with Gasteiger partial charge in [-0.1, -0.05) is 61.3 Å².